The summed E-state index contributed by atoms with van der Waals surface area (Å²) < 4.78 is 0. The largest absolute Gasteiger partial charge is 0.366 e. The molecule has 0 bridgehead atoms. The first-order valence-electron chi connectivity index (χ1n) is 6.52. The van der Waals surface area contributed by atoms with E-state index >= 15 is 0 Å². The van der Waals surface area contributed by atoms with Crippen LogP contribution < -0.4 is 16.8 Å². The molecule has 2 amide bonds. The van der Waals surface area contributed by atoms with E-state index in [1.54, 1.807) is 24.3 Å². The number of amides is 2. The van der Waals surface area contributed by atoms with Gasteiger partial charge < -0.3 is 16.8 Å². The maximum absolute atomic E-state index is 12.3. The molecule has 1 aliphatic rings. The summed E-state index contributed by atoms with van der Waals surface area (Å²) in [7, 11) is 0. The molecule has 19 heavy (non-hydrogen) atoms. The van der Waals surface area contributed by atoms with Gasteiger partial charge in [-0.05, 0) is 25.0 Å². The van der Waals surface area contributed by atoms with Gasteiger partial charge in [0.15, 0.2) is 0 Å². The Bertz CT molecular complexity index is 493. The first-order chi connectivity index (χ1) is 9.03. The van der Waals surface area contributed by atoms with Gasteiger partial charge in [0.1, 0.15) is 0 Å². The van der Waals surface area contributed by atoms with Gasteiger partial charge in [0.25, 0.3) is 5.91 Å². The standard InChI is InChI=1S/C14H19N3O2/c15-12(18)10-6-2-3-7-11(10)17-13(19)14(16)8-4-1-5-9-14/h2-3,6-7H,1,4-5,8-9,16H2,(H2,15,18)(H,17,19). The van der Waals surface area contributed by atoms with Gasteiger partial charge in [-0.2, -0.15) is 0 Å². The van der Waals surface area contributed by atoms with E-state index in [4.69, 9.17) is 11.5 Å². The lowest BCUT2D eigenvalue weighted by Gasteiger charge is -2.32. The number of para-hydroxylation sites is 1. The molecule has 0 spiro atoms. The van der Waals surface area contributed by atoms with E-state index in [1.807, 2.05) is 0 Å². The molecule has 5 heteroatoms. The Morgan fingerprint density at radius 3 is 2.37 bits per heavy atom. The van der Waals surface area contributed by atoms with Crippen molar-refractivity contribution in [2.24, 2.45) is 11.5 Å². The molecule has 0 aromatic heterocycles. The average Bonchev–Trinajstić information content (AvgIpc) is 2.40. The first kappa shape index (κ1) is 13.5. The zero-order valence-corrected chi connectivity index (χ0v) is 10.8. The molecule has 0 atom stereocenters. The normalized spacial score (nSPS) is 17.7. The lowest BCUT2D eigenvalue weighted by molar-refractivity contribution is -0.122. The minimum atomic E-state index is -0.830. The third-order valence-electron chi connectivity index (χ3n) is 3.64. The van der Waals surface area contributed by atoms with Crippen molar-refractivity contribution >= 4 is 17.5 Å². The summed E-state index contributed by atoms with van der Waals surface area (Å²) in [4.78, 5) is 23.6. The Kier molecular flexibility index (Phi) is 3.85. The molecule has 2 rings (SSSR count). The van der Waals surface area contributed by atoms with Crippen molar-refractivity contribution < 1.29 is 9.59 Å². The van der Waals surface area contributed by atoms with E-state index in [9.17, 15) is 9.59 Å². The van der Waals surface area contributed by atoms with Crippen molar-refractivity contribution in [3.63, 3.8) is 0 Å². The highest BCUT2D eigenvalue weighted by atomic mass is 16.2. The predicted molar refractivity (Wildman–Crippen MR) is 73.6 cm³/mol. The van der Waals surface area contributed by atoms with Crippen LogP contribution in [0.15, 0.2) is 24.3 Å². The summed E-state index contributed by atoms with van der Waals surface area (Å²) in [6, 6.07) is 6.69. The Hall–Kier alpha value is -1.88. The van der Waals surface area contributed by atoms with Crippen LogP contribution in [0.5, 0.6) is 0 Å². The number of carbonyl (C=O) groups is 2. The maximum atomic E-state index is 12.3. The van der Waals surface area contributed by atoms with Crippen molar-refractivity contribution in [2.75, 3.05) is 5.32 Å². The number of hydrogen-bond donors (Lipinski definition) is 3. The van der Waals surface area contributed by atoms with Crippen molar-refractivity contribution in [1.29, 1.82) is 0 Å². The van der Waals surface area contributed by atoms with Gasteiger partial charge in [0, 0.05) is 0 Å². The second-order valence-electron chi connectivity index (χ2n) is 5.08. The zero-order chi connectivity index (χ0) is 13.9. The number of rotatable bonds is 3. The molecule has 0 radical (unpaired) electrons. The smallest absolute Gasteiger partial charge is 0.250 e. The minimum absolute atomic E-state index is 0.235. The second-order valence-corrected chi connectivity index (χ2v) is 5.08. The highest BCUT2D eigenvalue weighted by Crippen LogP contribution is 2.27. The summed E-state index contributed by atoms with van der Waals surface area (Å²) in [5, 5.41) is 2.74. The van der Waals surface area contributed by atoms with E-state index in [1.165, 1.54) is 0 Å². The van der Waals surface area contributed by atoms with Crippen molar-refractivity contribution in [1.82, 2.24) is 0 Å². The van der Waals surface area contributed by atoms with Crippen LogP contribution in [-0.4, -0.2) is 17.4 Å². The van der Waals surface area contributed by atoms with Gasteiger partial charge in [0.05, 0.1) is 16.8 Å². The molecule has 1 aliphatic carbocycles. The number of benzene rings is 1. The summed E-state index contributed by atoms with van der Waals surface area (Å²) >= 11 is 0. The van der Waals surface area contributed by atoms with Crippen LogP contribution in [0, 0.1) is 0 Å². The molecular formula is C14H19N3O2. The molecule has 1 fully saturated rings. The van der Waals surface area contributed by atoms with Crippen molar-refractivity contribution in [2.45, 2.75) is 37.6 Å². The van der Waals surface area contributed by atoms with E-state index in [2.05, 4.69) is 5.32 Å². The third-order valence-corrected chi connectivity index (χ3v) is 3.64. The van der Waals surface area contributed by atoms with Crippen LogP contribution in [0.3, 0.4) is 0 Å². The molecule has 102 valence electrons. The Labute approximate surface area is 112 Å². The molecule has 0 aliphatic heterocycles. The topological polar surface area (TPSA) is 98.2 Å². The lowest BCUT2D eigenvalue weighted by Crippen LogP contribution is -2.52. The van der Waals surface area contributed by atoms with Crippen LogP contribution in [0.1, 0.15) is 42.5 Å². The van der Waals surface area contributed by atoms with E-state index in [0.717, 1.165) is 19.3 Å². The quantitative estimate of drug-likeness (QED) is 0.766. The molecule has 1 saturated carbocycles. The SMILES string of the molecule is NC(=O)c1ccccc1NC(=O)C1(N)CCCCC1. The molecule has 5 N–H and O–H groups in total. The fourth-order valence-electron chi connectivity index (χ4n) is 2.46. The van der Waals surface area contributed by atoms with Crippen LogP contribution in [0.4, 0.5) is 5.69 Å². The Morgan fingerprint density at radius 1 is 1.11 bits per heavy atom. The lowest BCUT2D eigenvalue weighted by atomic mass is 9.82. The monoisotopic (exact) mass is 261 g/mol. The Balaban J connectivity index is 2.17. The van der Waals surface area contributed by atoms with E-state index in [-0.39, 0.29) is 5.91 Å². The summed E-state index contributed by atoms with van der Waals surface area (Å²) in [5.41, 5.74) is 11.3. The van der Waals surface area contributed by atoms with Gasteiger partial charge >= 0.3 is 0 Å². The number of hydrogen-bond acceptors (Lipinski definition) is 3. The number of anilines is 1. The third kappa shape index (κ3) is 2.93. The molecule has 1 aromatic rings. The Morgan fingerprint density at radius 2 is 1.74 bits per heavy atom. The van der Waals surface area contributed by atoms with Crippen LogP contribution in [0.25, 0.3) is 0 Å². The number of nitrogens with one attached hydrogen (secondary N) is 1. The zero-order valence-electron chi connectivity index (χ0n) is 10.8. The van der Waals surface area contributed by atoms with Crippen LogP contribution in [0.2, 0.25) is 0 Å². The molecular weight excluding hydrogens is 242 g/mol. The maximum Gasteiger partial charge on any atom is 0.250 e. The van der Waals surface area contributed by atoms with E-state index in [0.29, 0.717) is 24.1 Å². The van der Waals surface area contributed by atoms with Crippen molar-refractivity contribution in [3.05, 3.63) is 29.8 Å². The van der Waals surface area contributed by atoms with Gasteiger partial charge in [-0.1, -0.05) is 31.4 Å². The summed E-state index contributed by atoms with van der Waals surface area (Å²) in [5.74, 6) is -0.800. The highest BCUT2D eigenvalue weighted by molar-refractivity contribution is 6.05. The molecule has 0 saturated heterocycles. The highest BCUT2D eigenvalue weighted by Gasteiger charge is 2.35. The summed E-state index contributed by atoms with van der Waals surface area (Å²) in [6.07, 6.45) is 4.39. The van der Waals surface area contributed by atoms with Gasteiger partial charge in [-0.25, -0.2) is 0 Å². The first-order valence-corrected chi connectivity index (χ1v) is 6.52. The van der Waals surface area contributed by atoms with Gasteiger partial charge in [0.2, 0.25) is 5.91 Å². The predicted octanol–water partition coefficient (Wildman–Crippen LogP) is 1.39. The molecule has 5 nitrogen and oxygen atoms in total. The van der Waals surface area contributed by atoms with E-state index < -0.39 is 11.4 Å². The summed E-state index contributed by atoms with van der Waals surface area (Å²) in [6.45, 7) is 0. The molecule has 0 heterocycles. The fourth-order valence-corrected chi connectivity index (χ4v) is 2.46. The molecule has 0 unspecified atom stereocenters. The number of carbonyl (C=O) groups excluding carboxylic acids is 2. The average molecular weight is 261 g/mol. The van der Waals surface area contributed by atoms with Crippen LogP contribution in [-0.2, 0) is 4.79 Å². The van der Waals surface area contributed by atoms with Crippen LogP contribution >= 0.6 is 0 Å². The van der Waals surface area contributed by atoms with Gasteiger partial charge in [-0.3, -0.25) is 9.59 Å². The van der Waals surface area contributed by atoms with Crippen molar-refractivity contribution in [3.8, 4) is 0 Å². The second kappa shape index (κ2) is 5.40. The van der Waals surface area contributed by atoms with Gasteiger partial charge in [-0.15, -0.1) is 0 Å². The minimum Gasteiger partial charge on any atom is -0.366 e. The fraction of sp³-hybridized carbons (Fsp3) is 0.429. The number of nitrogens with two attached hydrogens (primary N) is 2. The molecule has 1 aromatic carbocycles. The number of primary amides is 1.